The third-order valence-corrected chi connectivity index (χ3v) is 4.59. The van der Waals surface area contributed by atoms with Gasteiger partial charge in [-0.2, -0.15) is 9.57 Å². The van der Waals surface area contributed by atoms with Crippen LogP contribution in [0.1, 0.15) is 6.42 Å². The van der Waals surface area contributed by atoms with Gasteiger partial charge in [-0.15, -0.1) is 0 Å². The van der Waals surface area contributed by atoms with Gasteiger partial charge in [0, 0.05) is 39.2 Å². The van der Waals surface area contributed by atoms with E-state index in [-0.39, 0.29) is 29.2 Å². The molecule has 0 heterocycles. The zero-order valence-corrected chi connectivity index (χ0v) is 11.8. The van der Waals surface area contributed by atoms with Gasteiger partial charge in [0.25, 0.3) is 5.69 Å². The largest absolute Gasteiger partial charge is 0.387 e. The van der Waals surface area contributed by atoms with Crippen molar-refractivity contribution in [1.82, 2.24) is 4.31 Å². The maximum absolute atomic E-state index is 12.3. The van der Waals surface area contributed by atoms with E-state index in [1.807, 2.05) is 6.07 Å². The van der Waals surface area contributed by atoms with Crippen molar-refractivity contribution < 1.29 is 13.3 Å². The van der Waals surface area contributed by atoms with Gasteiger partial charge >= 0.3 is 0 Å². The Morgan fingerprint density at radius 3 is 2.65 bits per heavy atom. The van der Waals surface area contributed by atoms with Crippen molar-refractivity contribution in [2.24, 2.45) is 0 Å². The molecule has 1 rings (SSSR count). The smallest absolute Gasteiger partial charge is 0.271 e. The Morgan fingerprint density at radius 1 is 1.50 bits per heavy atom. The molecule has 108 valence electrons. The average molecular weight is 298 g/mol. The molecular formula is C11H14N4O4S. The number of nitrogens with zero attached hydrogens (tertiary/aromatic N) is 3. The molecule has 0 aromatic heterocycles. The van der Waals surface area contributed by atoms with Crippen LogP contribution >= 0.6 is 0 Å². The van der Waals surface area contributed by atoms with Crippen LogP contribution in [-0.4, -0.2) is 38.3 Å². The number of rotatable bonds is 6. The monoisotopic (exact) mass is 298 g/mol. The molecule has 0 bridgehead atoms. The minimum absolute atomic E-state index is 0.0545. The van der Waals surface area contributed by atoms with Crippen molar-refractivity contribution in [3.05, 3.63) is 28.3 Å². The lowest BCUT2D eigenvalue weighted by Crippen LogP contribution is -2.28. The van der Waals surface area contributed by atoms with E-state index < -0.39 is 14.9 Å². The number of nitro groups is 1. The minimum atomic E-state index is -3.80. The molecule has 20 heavy (non-hydrogen) atoms. The van der Waals surface area contributed by atoms with E-state index in [0.717, 1.165) is 16.4 Å². The highest BCUT2D eigenvalue weighted by atomic mass is 32.2. The van der Waals surface area contributed by atoms with E-state index in [2.05, 4.69) is 5.32 Å². The summed E-state index contributed by atoms with van der Waals surface area (Å²) in [4.78, 5) is 10.0. The van der Waals surface area contributed by atoms with E-state index in [9.17, 15) is 18.5 Å². The zero-order valence-electron chi connectivity index (χ0n) is 11.0. The van der Waals surface area contributed by atoms with Crippen LogP contribution in [0.15, 0.2) is 23.1 Å². The van der Waals surface area contributed by atoms with Gasteiger partial charge < -0.3 is 5.32 Å². The molecule has 8 nitrogen and oxygen atoms in total. The number of nitrogens with one attached hydrogen (secondary N) is 1. The molecule has 0 atom stereocenters. The first-order chi connectivity index (χ1) is 9.34. The van der Waals surface area contributed by atoms with Gasteiger partial charge in [0.15, 0.2) is 0 Å². The highest BCUT2D eigenvalue weighted by molar-refractivity contribution is 7.89. The lowest BCUT2D eigenvalue weighted by atomic mass is 10.3. The Labute approximate surface area is 116 Å². The van der Waals surface area contributed by atoms with Crippen LogP contribution in [0.4, 0.5) is 11.4 Å². The van der Waals surface area contributed by atoms with E-state index in [1.165, 1.54) is 20.2 Å². The molecule has 0 radical (unpaired) electrons. The summed E-state index contributed by atoms with van der Waals surface area (Å²) in [6, 6.07) is 5.34. The summed E-state index contributed by atoms with van der Waals surface area (Å²) in [5, 5.41) is 21.8. The van der Waals surface area contributed by atoms with Crippen molar-refractivity contribution in [1.29, 1.82) is 5.26 Å². The lowest BCUT2D eigenvalue weighted by Gasteiger charge is -2.17. The van der Waals surface area contributed by atoms with Gasteiger partial charge in [-0.3, -0.25) is 10.1 Å². The summed E-state index contributed by atoms with van der Waals surface area (Å²) in [5.41, 5.74) is -0.0593. The van der Waals surface area contributed by atoms with Crippen LogP contribution in [0, 0.1) is 21.4 Å². The molecular weight excluding hydrogens is 284 g/mol. The summed E-state index contributed by atoms with van der Waals surface area (Å²) >= 11 is 0. The van der Waals surface area contributed by atoms with E-state index in [1.54, 1.807) is 0 Å². The fraction of sp³-hybridized carbons (Fsp3) is 0.364. The molecule has 0 aliphatic rings. The Morgan fingerprint density at radius 2 is 2.15 bits per heavy atom. The molecule has 1 aromatic carbocycles. The van der Waals surface area contributed by atoms with Crippen LogP contribution in [0.5, 0.6) is 0 Å². The molecule has 1 aromatic rings. The molecule has 0 amide bonds. The number of sulfonamides is 1. The maximum Gasteiger partial charge on any atom is 0.271 e. The van der Waals surface area contributed by atoms with Crippen molar-refractivity contribution in [3.8, 4) is 6.07 Å². The standard InChI is InChI=1S/C11H14N4O4S/c1-13-10-8-9(15(16)17)4-5-11(10)20(18,19)14(2)7-3-6-12/h4-5,8,13H,3,7H2,1-2H3. The number of benzene rings is 1. The Balaban J connectivity index is 3.25. The summed E-state index contributed by atoms with van der Waals surface area (Å²) in [5.74, 6) is 0. The second-order valence-corrected chi connectivity index (χ2v) is 5.94. The zero-order chi connectivity index (χ0) is 15.3. The fourth-order valence-corrected chi connectivity index (χ4v) is 2.89. The highest BCUT2D eigenvalue weighted by Gasteiger charge is 2.25. The second-order valence-electron chi connectivity index (χ2n) is 3.92. The average Bonchev–Trinajstić information content (AvgIpc) is 2.43. The molecule has 0 spiro atoms. The van der Waals surface area contributed by atoms with Gasteiger partial charge in [0.05, 0.1) is 16.7 Å². The van der Waals surface area contributed by atoms with Crippen LogP contribution in [-0.2, 0) is 10.0 Å². The fourth-order valence-electron chi connectivity index (χ4n) is 1.55. The third-order valence-electron chi connectivity index (χ3n) is 2.67. The van der Waals surface area contributed by atoms with Crippen LogP contribution < -0.4 is 5.32 Å². The number of hydrogen-bond donors (Lipinski definition) is 1. The van der Waals surface area contributed by atoms with Gasteiger partial charge in [-0.1, -0.05) is 0 Å². The maximum atomic E-state index is 12.3. The van der Waals surface area contributed by atoms with Crippen molar-refractivity contribution in [3.63, 3.8) is 0 Å². The Kier molecular flexibility index (Phi) is 5.01. The summed E-state index contributed by atoms with van der Waals surface area (Å²) in [6.07, 6.45) is 0.0671. The summed E-state index contributed by atoms with van der Waals surface area (Å²) in [7, 11) is -0.965. The first-order valence-electron chi connectivity index (χ1n) is 5.64. The molecule has 0 aliphatic carbocycles. The van der Waals surface area contributed by atoms with Crippen LogP contribution in [0.2, 0.25) is 0 Å². The molecule has 0 unspecified atom stereocenters. The van der Waals surface area contributed by atoms with E-state index in [4.69, 9.17) is 5.26 Å². The molecule has 0 saturated carbocycles. The van der Waals surface area contributed by atoms with Gasteiger partial charge in [0.2, 0.25) is 10.0 Å². The van der Waals surface area contributed by atoms with Gasteiger partial charge in [0.1, 0.15) is 4.90 Å². The molecule has 0 aliphatic heterocycles. The SMILES string of the molecule is CNc1cc([N+](=O)[O-])ccc1S(=O)(=O)N(C)CCC#N. The first kappa shape index (κ1) is 15.9. The number of hydrogen-bond acceptors (Lipinski definition) is 6. The summed E-state index contributed by atoms with van der Waals surface area (Å²) < 4.78 is 25.7. The van der Waals surface area contributed by atoms with E-state index >= 15 is 0 Å². The minimum Gasteiger partial charge on any atom is -0.387 e. The topological polar surface area (TPSA) is 116 Å². The lowest BCUT2D eigenvalue weighted by molar-refractivity contribution is -0.384. The van der Waals surface area contributed by atoms with Crippen molar-refractivity contribution in [2.75, 3.05) is 26.0 Å². The molecule has 0 fully saturated rings. The van der Waals surface area contributed by atoms with Crippen molar-refractivity contribution >= 4 is 21.4 Å². The second kappa shape index (κ2) is 6.31. The molecule has 9 heteroatoms. The number of anilines is 1. The van der Waals surface area contributed by atoms with Crippen molar-refractivity contribution in [2.45, 2.75) is 11.3 Å². The number of nitro benzene ring substituents is 1. The number of nitriles is 1. The van der Waals surface area contributed by atoms with Gasteiger partial charge in [-0.05, 0) is 6.07 Å². The number of non-ortho nitro benzene ring substituents is 1. The normalized spacial score (nSPS) is 11.1. The quantitative estimate of drug-likeness (QED) is 0.622. The molecule has 0 saturated heterocycles. The molecule has 1 N–H and O–H groups in total. The predicted molar refractivity (Wildman–Crippen MR) is 72.7 cm³/mol. The van der Waals surface area contributed by atoms with E-state index in [0.29, 0.717) is 0 Å². The summed E-state index contributed by atoms with van der Waals surface area (Å²) in [6.45, 7) is 0.0545. The Bertz CT molecular complexity index is 651. The first-order valence-corrected chi connectivity index (χ1v) is 7.08. The highest BCUT2D eigenvalue weighted by Crippen LogP contribution is 2.28. The van der Waals surface area contributed by atoms with Gasteiger partial charge in [-0.25, -0.2) is 8.42 Å². The van der Waals surface area contributed by atoms with Crippen LogP contribution in [0.25, 0.3) is 0 Å². The van der Waals surface area contributed by atoms with Crippen LogP contribution in [0.3, 0.4) is 0 Å². The third kappa shape index (κ3) is 3.23. The predicted octanol–water partition coefficient (Wildman–Crippen LogP) is 1.17. The Hall–Kier alpha value is -2.18.